The van der Waals surface area contributed by atoms with E-state index in [9.17, 15) is 4.79 Å². The predicted molar refractivity (Wildman–Crippen MR) is 112 cm³/mol. The number of hydrogen-bond donors (Lipinski definition) is 0. The number of carbonyl (C=O) groups excluding carboxylic acids is 1. The van der Waals surface area contributed by atoms with Gasteiger partial charge in [0.05, 0.1) is 18.1 Å². The molecule has 0 saturated carbocycles. The highest BCUT2D eigenvalue weighted by atomic mass is 32.2. The number of hydrogen-bond acceptors (Lipinski definition) is 6. The van der Waals surface area contributed by atoms with Crippen LogP contribution in [0.4, 0.5) is 0 Å². The van der Waals surface area contributed by atoms with Gasteiger partial charge in [-0.25, -0.2) is 0 Å². The number of para-hydroxylation sites is 1. The van der Waals surface area contributed by atoms with Crippen LogP contribution < -0.4 is 4.74 Å². The van der Waals surface area contributed by atoms with Crippen molar-refractivity contribution < 1.29 is 14.1 Å². The first-order valence-corrected chi connectivity index (χ1v) is 11.0. The lowest BCUT2D eigenvalue weighted by molar-refractivity contribution is -0.128. The molecule has 6 nitrogen and oxygen atoms in total. The zero-order valence-corrected chi connectivity index (χ0v) is 17.5. The monoisotopic (exact) mass is 403 g/mol. The molecule has 1 aromatic heterocycles. The van der Waals surface area contributed by atoms with Gasteiger partial charge >= 0.3 is 0 Å². The van der Waals surface area contributed by atoms with Crippen LogP contribution in [0.5, 0.6) is 5.75 Å². The number of thioether (sulfide) groups is 1. The number of nitrogens with zero attached hydrogens (tertiary/aromatic N) is 3. The Bertz CT molecular complexity index is 731. The van der Waals surface area contributed by atoms with E-state index >= 15 is 0 Å². The van der Waals surface area contributed by atoms with Gasteiger partial charge < -0.3 is 14.2 Å². The number of carbonyl (C=O) groups is 1. The minimum atomic E-state index is 0.226. The lowest BCUT2D eigenvalue weighted by Crippen LogP contribution is -2.36. The molecule has 0 radical (unpaired) electrons. The van der Waals surface area contributed by atoms with E-state index in [4.69, 9.17) is 9.26 Å². The van der Waals surface area contributed by atoms with Crippen LogP contribution in [0.3, 0.4) is 0 Å². The van der Waals surface area contributed by atoms with Crippen LogP contribution in [-0.2, 0) is 11.3 Å². The normalized spacial score (nSPS) is 15.4. The van der Waals surface area contributed by atoms with Gasteiger partial charge in [-0.2, -0.15) is 0 Å². The number of ether oxygens (including phenoxy) is 1. The fraction of sp³-hybridized carbons (Fsp3) is 0.524. The van der Waals surface area contributed by atoms with Crippen LogP contribution in [0.15, 0.2) is 34.9 Å². The van der Waals surface area contributed by atoms with E-state index in [1.807, 2.05) is 49.1 Å². The van der Waals surface area contributed by atoms with Gasteiger partial charge in [0, 0.05) is 44.0 Å². The summed E-state index contributed by atoms with van der Waals surface area (Å²) in [4.78, 5) is 16.9. The van der Waals surface area contributed by atoms with Gasteiger partial charge in [0.25, 0.3) is 0 Å². The van der Waals surface area contributed by atoms with E-state index in [0.29, 0.717) is 12.4 Å². The van der Waals surface area contributed by atoms with Crippen LogP contribution in [-0.4, -0.2) is 65.2 Å². The fourth-order valence-electron chi connectivity index (χ4n) is 3.32. The fourth-order valence-corrected chi connectivity index (χ4v) is 4.02. The van der Waals surface area contributed by atoms with Crippen molar-refractivity contribution in [2.75, 3.05) is 44.3 Å². The van der Waals surface area contributed by atoms with E-state index < -0.39 is 0 Å². The Morgan fingerprint density at radius 2 is 2.00 bits per heavy atom. The Morgan fingerprint density at radius 3 is 2.75 bits per heavy atom. The van der Waals surface area contributed by atoms with Crippen molar-refractivity contribution in [1.82, 2.24) is 15.0 Å². The van der Waals surface area contributed by atoms with Crippen molar-refractivity contribution in [1.29, 1.82) is 0 Å². The largest absolute Gasteiger partial charge is 0.493 e. The summed E-state index contributed by atoms with van der Waals surface area (Å²) in [6, 6.07) is 9.78. The Hall–Kier alpha value is -1.99. The third-order valence-corrected chi connectivity index (χ3v) is 5.88. The molecular weight excluding hydrogens is 374 g/mol. The third kappa shape index (κ3) is 6.01. The topological polar surface area (TPSA) is 58.8 Å². The van der Waals surface area contributed by atoms with Crippen molar-refractivity contribution in [3.05, 3.63) is 47.3 Å². The molecule has 7 heteroatoms. The molecule has 2 heterocycles. The Balaban J connectivity index is 1.36. The SMILES string of the molecule is Cc1noc(C)c1CN1CCCN(C(=O)CSCCOc2ccccc2)CC1. The first-order valence-electron chi connectivity index (χ1n) is 9.81. The van der Waals surface area contributed by atoms with E-state index in [1.54, 1.807) is 11.8 Å². The highest BCUT2D eigenvalue weighted by Gasteiger charge is 2.21. The second kappa shape index (κ2) is 10.5. The second-order valence-electron chi connectivity index (χ2n) is 7.03. The van der Waals surface area contributed by atoms with Gasteiger partial charge in [-0.3, -0.25) is 9.69 Å². The molecule has 1 aromatic carbocycles. The van der Waals surface area contributed by atoms with Gasteiger partial charge in [-0.1, -0.05) is 23.4 Å². The molecule has 1 aliphatic rings. The number of benzene rings is 1. The van der Waals surface area contributed by atoms with Crippen molar-refractivity contribution in [3.8, 4) is 5.75 Å². The van der Waals surface area contributed by atoms with Crippen LogP contribution in [0.1, 0.15) is 23.4 Å². The van der Waals surface area contributed by atoms with E-state index in [-0.39, 0.29) is 5.91 Å². The molecule has 0 bridgehead atoms. The Morgan fingerprint density at radius 1 is 1.18 bits per heavy atom. The molecule has 1 fully saturated rings. The highest BCUT2D eigenvalue weighted by Crippen LogP contribution is 2.17. The van der Waals surface area contributed by atoms with E-state index in [0.717, 1.165) is 62.1 Å². The summed E-state index contributed by atoms with van der Waals surface area (Å²) in [6.07, 6.45) is 0.997. The summed E-state index contributed by atoms with van der Waals surface area (Å²) in [5.74, 6) is 3.32. The van der Waals surface area contributed by atoms with Crippen molar-refractivity contribution in [3.63, 3.8) is 0 Å². The summed E-state index contributed by atoms with van der Waals surface area (Å²) in [5, 5.41) is 4.04. The lowest BCUT2D eigenvalue weighted by atomic mass is 10.2. The zero-order valence-electron chi connectivity index (χ0n) is 16.7. The van der Waals surface area contributed by atoms with Crippen molar-refractivity contribution in [2.24, 2.45) is 0 Å². The van der Waals surface area contributed by atoms with E-state index in [1.165, 1.54) is 5.56 Å². The molecule has 0 N–H and O–H groups in total. The van der Waals surface area contributed by atoms with Crippen molar-refractivity contribution >= 4 is 17.7 Å². The summed E-state index contributed by atoms with van der Waals surface area (Å²) < 4.78 is 10.9. The third-order valence-electron chi connectivity index (χ3n) is 4.97. The molecule has 1 amide bonds. The summed E-state index contributed by atoms with van der Waals surface area (Å²) in [7, 11) is 0. The van der Waals surface area contributed by atoms with Crippen molar-refractivity contribution in [2.45, 2.75) is 26.8 Å². The number of aryl methyl sites for hydroxylation is 2. The average molecular weight is 404 g/mol. The molecule has 1 aliphatic heterocycles. The summed E-state index contributed by atoms with van der Waals surface area (Å²) in [6.45, 7) is 8.90. The van der Waals surface area contributed by atoms with Gasteiger partial charge in [-0.05, 0) is 32.4 Å². The summed E-state index contributed by atoms with van der Waals surface area (Å²) >= 11 is 1.64. The quantitative estimate of drug-likeness (QED) is 0.631. The molecule has 2 aromatic rings. The highest BCUT2D eigenvalue weighted by molar-refractivity contribution is 7.99. The maximum Gasteiger partial charge on any atom is 0.232 e. The molecule has 1 saturated heterocycles. The van der Waals surface area contributed by atoms with Gasteiger partial charge in [-0.15, -0.1) is 11.8 Å². The molecule has 0 spiro atoms. The molecule has 0 aliphatic carbocycles. The Labute approximate surface area is 171 Å². The van der Waals surface area contributed by atoms with Gasteiger partial charge in [0.15, 0.2) is 0 Å². The smallest absolute Gasteiger partial charge is 0.232 e. The molecule has 0 unspecified atom stereocenters. The standard InChI is InChI=1S/C21H29N3O3S/c1-17-20(18(2)27-22-17)15-23-9-6-10-24(12-11-23)21(25)16-28-14-13-26-19-7-4-3-5-8-19/h3-5,7-8H,6,9-16H2,1-2H3. The first-order chi connectivity index (χ1) is 13.6. The van der Waals surface area contributed by atoms with Gasteiger partial charge in [0.1, 0.15) is 11.5 Å². The average Bonchev–Trinajstić information content (AvgIpc) is 2.89. The number of rotatable bonds is 8. The zero-order chi connectivity index (χ0) is 19.8. The molecule has 0 atom stereocenters. The molecule has 3 rings (SSSR count). The molecular formula is C21H29N3O3S. The molecule has 28 heavy (non-hydrogen) atoms. The van der Waals surface area contributed by atoms with Gasteiger partial charge in [0.2, 0.25) is 5.91 Å². The Kier molecular flexibility index (Phi) is 7.80. The summed E-state index contributed by atoms with van der Waals surface area (Å²) in [5.41, 5.74) is 2.14. The van der Waals surface area contributed by atoms with Crippen LogP contribution in [0, 0.1) is 13.8 Å². The first kappa shape index (κ1) is 20.7. The van der Waals surface area contributed by atoms with Crippen LogP contribution in [0.25, 0.3) is 0 Å². The van der Waals surface area contributed by atoms with Crippen LogP contribution in [0.2, 0.25) is 0 Å². The van der Waals surface area contributed by atoms with Crippen LogP contribution >= 0.6 is 11.8 Å². The maximum absolute atomic E-state index is 12.5. The number of aromatic nitrogens is 1. The second-order valence-corrected chi connectivity index (χ2v) is 8.13. The van der Waals surface area contributed by atoms with E-state index in [2.05, 4.69) is 10.1 Å². The molecule has 152 valence electrons. The predicted octanol–water partition coefficient (Wildman–Crippen LogP) is 3.14. The maximum atomic E-state index is 12.5. The minimum absolute atomic E-state index is 0.226. The minimum Gasteiger partial charge on any atom is -0.493 e. The number of amides is 1. The lowest BCUT2D eigenvalue weighted by Gasteiger charge is -2.22.